The van der Waals surface area contributed by atoms with E-state index in [2.05, 4.69) is 45.5 Å². The van der Waals surface area contributed by atoms with Gasteiger partial charge in [-0.25, -0.2) is 0 Å². The van der Waals surface area contributed by atoms with Crippen molar-refractivity contribution in [3.8, 4) is 11.5 Å². The van der Waals surface area contributed by atoms with Gasteiger partial charge in [0, 0.05) is 17.8 Å². The van der Waals surface area contributed by atoms with E-state index in [0.717, 1.165) is 56.8 Å². The molecule has 1 fully saturated rings. The second kappa shape index (κ2) is 10.7. The van der Waals surface area contributed by atoms with Gasteiger partial charge in [0.25, 0.3) is 0 Å². The third kappa shape index (κ3) is 6.40. The second-order valence-corrected chi connectivity index (χ2v) is 8.01. The molecule has 0 atom stereocenters. The van der Waals surface area contributed by atoms with E-state index in [4.69, 9.17) is 4.74 Å². The van der Waals surface area contributed by atoms with Crippen molar-refractivity contribution in [2.75, 3.05) is 25.0 Å². The lowest BCUT2D eigenvalue weighted by atomic mass is 9.95. The lowest BCUT2D eigenvalue weighted by Gasteiger charge is -2.31. The molecule has 0 unspecified atom stereocenters. The summed E-state index contributed by atoms with van der Waals surface area (Å²) in [6.07, 6.45) is 7.49. The maximum Gasteiger partial charge on any atom is 0.227 e. The van der Waals surface area contributed by atoms with Crippen molar-refractivity contribution in [2.24, 2.45) is 5.92 Å². The molecule has 31 heavy (non-hydrogen) atoms. The van der Waals surface area contributed by atoms with Crippen LogP contribution in [0.1, 0.15) is 24.8 Å². The third-order valence-electron chi connectivity index (χ3n) is 5.73. The van der Waals surface area contributed by atoms with Gasteiger partial charge in [0.1, 0.15) is 11.5 Å². The molecule has 1 saturated heterocycles. The molecule has 0 radical (unpaired) electrons. The number of aromatic nitrogens is 1. The van der Waals surface area contributed by atoms with Crippen LogP contribution in [0.3, 0.4) is 0 Å². The molecule has 0 spiro atoms. The van der Waals surface area contributed by atoms with E-state index in [0.29, 0.717) is 5.75 Å². The summed E-state index contributed by atoms with van der Waals surface area (Å²) in [6.45, 7) is 3.08. The summed E-state index contributed by atoms with van der Waals surface area (Å²) < 4.78 is 5.75. The number of aryl methyl sites for hydroxylation is 1. The maximum atomic E-state index is 12.7. The van der Waals surface area contributed by atoms with Crippen molar-refractivity contribution in [3.63, 3.8) is 0 Å². The molecule has 5 heteroatoms. The minimum absolute atomic E-state index is 0.0803. The van der Waals surface area contributed by atoms with Crippen molar-refractivity contribution in [2.45, 2.75) is 25.7 Å². The van der Waals surface area contributed by atoms with Gasteiger partial charge in [0.05, 0.1) is 6.20 Å². The van der Waals surface area contributed by atoms with Gasteiger partial charge in [-0.3, -0.25) is 9.78 Å². The van der Waals surface area contributed by atoms with Crippen LogP contribution in [-0.2, 0) is 11.2 Å². The van der Waals surface area contributed by atoms with Gasteiger partial charge in [-0.2, -0.15) is 0 Å². The van der Waals surface area contributed by atoms with Crippen molar-refractivity contribution >= 4 is 11.6 Å². The summed E-state index contributed by atoms with van der Waals surface area (Å²) in [5.74, 6) is 1.60. The molecule has 0 bridgehead atoms. The summed E-state index contributed by atoms with van der Waals surface area (Å²) in [6, 6.07) is 21.8. The maximum absolute atomic E-state index is 12.7. The summed E-state index contributed by atoms with van der Waals surface area (Å²) >= 11 is 0. The zero-order valence-electron chi connectivity index (χ0n) is 17.7. The number of anilines is 1. The van der Waals surface area contributed by atoms with E-state index in [-0.39, 0.29) is 11.8 Å². The molecule has 1 aliphatic heterocycles. The van der Waals surface area contributed by atoms with E-state index >= 15 is 0 Å². The molecule has 4 rings (SSSR count). The number of carbonyl (C=O) groups excluding carboxylic acids is 1. The first-order chi connectivity index (χ1) is 15.3. The molecule has 1 N–H and O–H groups in total. The van der Waals surface area contributed by atoms with Crippen LogP contribution in [0, 0.1) is 5.92 Å². The zero-order chi connectivity index (χ0) is 21.3. The average Bonchev–Trinajstić information content (AvgIpc) is 2.82. The number of ether oxygens (including phenoxy) is 1. The van der Waals surface area contributed by atoms with E-state index in [1.54, 1.807) is 12.4 Å². The second-order valence-electron chi connectivity index (χ2n) is 8.01. The largest absolute Gasteiger partial charge is 0.456 e. The molecule has 3 aromatic rings. The lowest BCUT2D eigenvalue weighted by Crippen LogP contribution is -2.38. The minimum Gasteiger partial charge on any atom is -0.456 e. The summed E-state index contributed by atoms with van der Waals surface area (Å²) in [4.78, 5) is 19.2. The Labute approximate surface area is 184 Å². The Bertz CT molecular complexity index is 937. The van der Waals surface area contributed by atoms with Crippen LogP contribution in [0.5, 0.6) is 11.5 Å². The number of carbonyl (C=O) groups is 1. The zero-order valence-corrected chi connectivity index (χ0v) is 17.7. The Morgan fingerprint density at radius 3 is 2.45 bits per heavy atom. The highest BCUT2D eigenvalue weighted by atomic mass is 16.5. The molecule has 2 heterocycles. The first-order valence-corrected chi connectivity index (χ1v) is 11.0. The number of hydrogen-bond donors (Lipinski definition) is 1. The number of likely N-dealkylation sites (tertiary alicyclic amines) is 1. The van der Waals surface area contributed by atoms with Crippen LogP contribution in [0.15, 0.2) is 79.1 Å². The molecule has 1 amide bonds. The molecular formula is C26H29N3O2. The lowest BCUT2D eigenvalue weighted by molar-refractivity contribution is -0.121. The average molecular weight is 416 g/mol. The summed E-state index contributed by atoms with van der Waals surface area (Å²) in [5.41, 5.74) is 2.20. The Kier molecular flexibility index (Phi) is 7.29. The van der Waals surface area contributed by atoms with Crippen molar-refractivity contribution < 1.29 is 9.53 Å². The number of pyridine rings is 1. The van der Waals surface area contributed by atoms with Gasteiger partial charge in [0.2, 0.25) is 5.91 Å². The number of nitrogens with one attached hydrogen (secondary N) is 1. The van der Waals surface area contributed by atoms with Gasteiger partial charge in [-0.15, -0.1) is 0 Å². The fourth-order valence-corrected chi connectivity index (χ4v) is 3.96. The van der Waals surface area contributed by atoms with Crippen molar-refractivity contribution in [1.82, 2.24) is 9.88 Å². The predicted molar refractivity (Wildman–Crippen MR) is 123 cm³/mol. The van der Waals surface area contributed by atoms with Gasteiger partial charge >= 0.3 is 0 Å². The van der Waals surface area contributed by atoms with Gasteiger partial charge in [-0.1, -0.05) is 30.3 Å². The molecule has 5 nitrogen and oxygen atoms in total. The van der Waals surface area contributed by atoms with Crippen LogP contribution in [0.4, 0.5) is 5.69 Å². The molecule has 0 aliphatic carbocycles. The molecule has 0 saturated carbocycles. The molecule has 1 aromatic heterocycles. The standard InChI is InChI=1S/C26H29N3O2/c30-26(28-23-10-12-24(13-11-23)31-25-9-4-16-27-20-25)22-14-18-29(19-15-22)17-5-8-21-6-2-1-3-7-21/h1-4,6-7,9-13,16,20,22H,5,8,14-15,17-19H2,(H,28,30). The number of nitrogens with zero attached hydrogens (tertiary/aromatic N) is 2. The number of amides is 1. The Morgan fingerprint density at radius 1 is 0.968 bits per heavy atom. The fraction of sp³-hybridized carbons (Fsp3) is 0.308. The fourth-order valence-electron chi connectivity index (χ4n) is 3.96. The van der Waals surface area contributed by atoms with Gasteiger partial charge in [-0.05, 0) is 87.3 Å². The molecule has 2 aromatic carbocycles. The first-order valence-electron chi connectivity index (χ1n) is 11.0. The van der Waals surface area contributed by atoms with Gasteiger partial charge in [0.15, 0.2) is 0 Å². The van der Waals surface area contributed by atoms with Crippen molar-refractivity contribution in [1.29, 1.82) is 0 Å². The molecular weight excluding hydrogens is 386 g/mol. The normalized spacial score (nSPS) is 14.8. The van der Waals surface area contributed by atoms with Crippen LogP contribution in [0.2, 0.25) is 0 Å². The SMILES string of the molecule is O=C(Nc1ccc(Oc2cccnc2)cc1)C1CCN(CCCc2ccccc2)CC1. The Morgan fingerprint density at radius 2 is 1.74 bits per heavy atom. The monoisotopic (exact) mass is 415 g/mol. The molecule has 160 valence electrons. The van der Waals surface area contributed by atoms with E-state index in [9.17, 15) is 4.79 Å². The number of piperidine rings is 1. The predicted octanol–water partition coefficient (Wildman–Crippen LogP) is 5.16. The summed E-state index contributed by atoms with van der Waals surface area (Å²) in [7, 11) is 0. The van der Waals surface area contributed by atoms with E-state index in [1.807, 2.05) is 36.4 Å². The number of rotatable bonds is 8. The Balaban J connectivity index is 1.18. The Hall–Kier alpha value is -3.18. The smallest absolute Gasteiger partial charge is 0.227 e. The number of hydrogen-bond acceptors (Lipinski definition) is 4. The van der Waals surface area contributed by atoms with E-state index in [1.165, 1.54) is 5.56 Å². The topological polar surface area (TPSA) is 54.5 Å². The highest BCUT2D eigenvalue weighted by Crippen LogP contribution is 2.24. The van der Waals surface area contributed by atoms with E-state index < -0.39 is 0 Å². The first kappa shape index (κ1) is 21.1. The highest BCUT2D eigenvalue weighted by molar-refractivity contribution is 5.92. The quantitative estimate of drug-likeness (QED) is 0.552. The van der Waals surface area contributed by atoms with Crippen molar-refractivity contribution in [3.05, 3.63) is 84.7 Å². The summed E-state index contributed by atoms with van der Waals surface area (Å²) in [5, 5.41) is 3.06. The van der Waals surface area contributed by atoms with Gasteiger partial charge < -0.3 is 15.0 Å². The third-order valence-corrected chi connectivity index (χ3v) is 5.73. The van der Waals surface area contributed by atoms with Crippen LogP contribution < -0.4 is 10.1 Å². The molecule has 1 aliphatic rings. The van der Waals surface area contributed by atoms with Crippen LogP contribution in [-0.4, -0.2) is 35.4 Å². The van der Waals surface area contributed by atoms with Crippen LogP contribution >= 0.6 is 0 Å². The number of benzene rings is 2. The highest BCUT2D eigenvalue weighted by Gasteiger charge is 2.24. The van der Waals surface area contributed by atoms with Crippen LogP contribution in [0.25, 0.3) is 0 Å². The minimum atomic E-state index is 0.0803.